The molecule has 4 aromatic rings. The van der Waals surface area contributed by atoms with Gasteiger partial charge in [-0.25, -0.2) is 9.29 Å². The molecule has 2 heterocycles. The minimum atomic E-state index is -1.38. The lowest BCUT2D eigenvalue weighted by atomic mass is 9.51. The molecule has 4 amide bonds. The summed E-state index contributed by atoms with van der Waals surface area (Å²) in [5.74, 6) is -6.01. The van der Waals surface area contributed by atoms with Crippen molar-refractivity contribution < 1.29 is 28.7 Å². The number of rotatable bonds is 4. The van der Waals surface area contributed by atoms with E-state index in [-0.39, 0.29) is 41.1 Å². The maximum atomic E-state index is 14.7. The van der Waals surface area contributed by atoms with Crippen LogP contribution in [0, 0.1) is 34.9 Å². The van der Waals surface area contributed by atoms with Crippen LogP contribution in [0.25, 0.3) is 16.8 Å². The molecule has 9 heteroatoms. The third kappa shape index (κ3) is 4.05. The highest BCUT2D eigenvalue weighted by molar-refractivity contribution is 6.32. The predicted molar refractivity (Wildman–Crippen MR) is 181 cm³/mol. The number of aromatic hydroxyl groups is 1. The Kier molecular flexibility index (Phi) is 6.76. The van der Waals surface area contributed by atoms with Gasteiger partial charge in [0.05, 0.1) is 39.6 Å². The van der Waals surface area contributed by atoms with Crippen molar-refractivity contribution >= 4 is 63.5 Å². The number of phenolic OH excluding ortho intramolecular Hbond substituents is 1. The molecular formula is C39H30ClFN2O5. The summed E-state index contributed by atoms with van der Waals surface area (Å²) in [6.45, 7) is 5.51. The number of anilines is 2. The Balaban J connectivity index is 1.29. The molecule has 6 atom stereocenters. The molecular weight excluding hydrogens is 631 g/mol. The number of phenols is 1. The number of benzene rings is 4. The third-order valence-electron chi connectivity index (χ3n) is 11.1. The highest BCUT2D eigenvalue weighted by Crippen LogP contribution is 2.64. The van der Waals surface area contributed by atoms with Gasteiger partial charge in [-0.2, -0.15) is 0 Å². The number of carbonyl (C=O) groups is 4. The second-order valence-electron chi connectivity index (χ2n) is 13.3. The number of nitrogens with zero attached hydrogens (tertiary/aromatic N) is 2. The first kappa shape index (κ1) is 30.3. The molecule has 7 nitrogen and oxygen atoms in total. The van der Waals surface area contributed by atoms with E-state index in [0.29, 0.717) is 16.6 Å². The van der Waals surface area contributed by atoms with Gasteiger partial charge in [-0.05, 0) is 67.0 Å². The second kappa shape index (κ2) is 10.7. The number of hydrogen-bond donors (Lipinski definition) is 1. The SMILES string of the molecule is C=Cc1ccc(N2C(=O)C3CC=C4C(CC5C(=O)N(c6ccc(F)c(Cl)c6)C(=O)C5(C)C4c4ccc5ccccc5c4O)C3C2=O)cc1. The van der Waals surface area contributed by atoms with Crippen LogP contribution in [0.5, 0.6) is 5.75 Å². The molecule has 240 valence electrons. The van der Waals surface area contributed by atoms with E-state index in [1.807, 2.05) is 30.3 Å². The summed E-state index contributed by atoms with van der Waals surface area (Å²) in [5.41, 5.74) is 1.29. The Morgan fingerprint density at radius 2 is 1.62 bits per heavy atom. The molecule has 1 saturated carbocycles. The first-order valence-corrected chi connectivity index (χ1v) is 16.3. The number of halogens is 2. The molecule has 8 rings (SSSR count). The van der Waals surface area contributed by atoms with E-state index in [0.717, 1.165) is 27.5 Å². The molecule has 1 N–H and O–H groups in total. The van der Waals surface area contributed by atoms with E-state index in [2.05, 4.69) is 6.58 Å². The van der Waals surface area contributed by atoms with E-state index < -0.39 is 52.6 Å². The van der Waals surface area contributed by atoms with Crippen molar-refractivity contribution in [1.29, 1.82) is 0 Å². The number of allylic oxidation sites excluding steroid dienone is 2. The van der Waals surface area contributed by atoms with Crippen molar-refractivity contribution in [3.63, 3.8) is 0 Å². The molecule has 4 aliphatic rings. The van der Waals surface area contributed by atoms with E-state index >= 15 is 0 Å². The maximum Gasteiger partial charge on any atom is 0.241 e. The van der Waals surface area contributed by atoms with E-state index in [4.69, 9.17) is 11.6 Å². The number of fused-ring (bicyclic) bond motifs is 5. The summed E-state index contributed by atoms with van der Waals surface area (Å²) in [5, 5.41) is 13.0. The van der Waals surface area contributed by atoms with Gasteiger partial charge in [0.15, 0.2) is 0 Å². The van der Waals surface area contributed by atoms with Gasteiger partial charge in [0.2, 0.25) is 23.6 Å². The monoisotopic (exact) mass is 660 g/mol. The molecule has 2 aliphatic carbocycles. The molecule has 0 aromatic heterocycles. The van der Waals surface area contributed by atoms with Crippen LogP contribution in [-0.2, 0) is 19.2 Å². The van der Waals surface area contributed by atoms with Crippen LogP contribution < -0.4 is 9.80 Å². The van der Waals surface area contributed by atoms with Crippen molar-refractivity contribution in [1.82, 2.24) is 0 Å². The highest BCUT2D eigenvalue weighted by Gasteiger charge is 2.68. The second-order valence-corrected chi connectivity index (χ2v) is 13.7. The third-order valence-corrected chi connectivity index (χ3v) is 11.4. The molecule has 2 aliphatic heterocycles. The molecule has 0 spiro atoms. The van der Waals surface area contributed by atoms with Gasteiger partial charge in [0.1, 0.15) is 11.6 Å². The first-order chi connectivity index (χ1) is 23.1. The molecule has 3 fully saturated rings. The molecule has 0 radical (unpaired) electrons. The Hall–Kier alpha value is -5.08. The standard InChI is InChI=1S/C39H30ClFN2O5/c1-3-20-8-11-22(12-9-20)42-35(45)26-16-15-25-28(32(26)37(42)47)19-29-36(46)43(23-13-17-31(41)30(40)18-23)38(48)39(29,2)33(25)27-14-10-21-6-4-5-7-24(21)34(27)44/h3-15,17-18,26,28-29,32-33,44H,1,16,19H2,2H3. The number of amides is 4. The average Bonchev–Trinajstić information content (AvgIpc) is 3.46. The van der Waals surface area contributed by atoms with Crippen LogP contribution in [0.4, 0.5) is 15.8 Å². The van der Waals surface area contributed by atoms with Crippen LogP contribution in [-0.4, -0.2) is 28.7 Å². The van der Waals surface area contributed by atoms with E-state index in [1.54, 1.807) is 49.4 Å². The Labute approximate surface area is 280 Å². The van der Waals surface area contributed by atoms with Crippen molar-refractivity contribution in [2.24, 2.45) is 29.1 Å². The lowest BCUT2D eigenvalue weighted by molar-refractivity contribution is -0.131. The quantitative estimate of drug-likeness (QED) is 0.182. The zero-order valence-corrected chi connectivity index (χ0v) is 26.7. The summed E-state index contributed by atoms with van der Waals surface area (Å²) < 4.78 is 14.2. The fraction of sp³-hybridized carbons (Fsp3) is 0.231. The largest absolute Gasteiger partial charge is 0.507 e. The highest BCUT2D eigenvalue weighted by atomic mass is 35.5. The van der Waals surface area contributed by atoms with Crippen LogP contribution in [0.2, 0.25) is 5.02 Å². The summed E-state index contributed by atoms with van der Waals surface area (Å²) in [6, 6.07) is 21.7. The van der Waals surface area contributed by atoms with Gasteiger partial charge < -0.3 is 5.11 Å². The van der Waals surface area contributed by atoms with E-state index in [9.17, 15) is 28.7 Å². The average molecular weight is 661 g/mol. The summed E-state index contributed by atoms with van der Waals surface area (Å²) in [4.78, 5) is 59.6. The maximum absolute atomic E-state index is 14.7. The molecule has 0 bridgehead atoms. The Morgan fingerprint density at radius 3 is 2.35 bits per heavy atom. The van der Waals surface area contributed by atoms with Gasteiger partial charge >= 0.3 is 0 Å². The molecule has 48 heavy (non-hydrogen) atoms. The zero-order chi connectivity index (χ0) is 33.6. The van der Waals surface area contributed by atoms with Crippen molar-refractivity contribution in [3.05, 3.63) is 119 Å². The molecule has 4 aromatic carbocycles. The van der Waals surface area contributed by atoms with E-state index in [1.165, 1.54) is 17.0 Å². The number of hydrogen-bond acceptors (Lipinski definition) is 5. The summed E-state index contributed by atoms with van der Waals surface area (Å²) >= 11 is 6.10. The summed E-state index contributed by atoms with van der Waals surface area (Å²) in [6.07, 6.45) is 4.04. The first-order valence-electron chi connectivity index (χ1n) is 15.9. The van der Waals surface area contributed by atoms with Crippen molar-refractivity contribution in [2.75, 3.05) is 9.80 Å². The van der Waals surface area contributed by atoms with Gasteiger partial charge in [0, 0.05) is 16.9 Å². The predicted octanol–water partition coefficient (Wildman–Crippen LogP) is 7.42. The molecule has 2 saturated heterocycles. The fourth-order valence-electron chi connectivity index (χ4n) is 8.75. The van der Waals surface area contributed by atoms with Gasteiger partial charge in [0.25, 0.3) is 0 Å². The molecule has 6 unspecified atom stereocenters. The van der Waals surface area contributed by atoms with Crippen LogP contribution >= 0.6 is 11.6 Å². The van der Waals surface area contributed by atoms with Gasteiger partial charge in [-0.3, -0.25) is 24.1 Å². The fourth-order valence-corrected chi connectivity index (χ4v) is 8.92. The summed E-state index contributed by atoms with van der Waals surface area (Å²) in [7, 11) is 0. The minimum Gasteiger partial charge on any atom is -0.507 e. The Morgan fingerprint density at radius 1 is 0.896 bits per heavy atom. The van der Waals surface area contributed by atoms with Gasteiger partial charge in [-0.1, -0.05) is 84.4 Å². The van der Waals surface area contributed by atoms with Crippen molar-refractivity contribution in [3.8, 4) is 5.75 Å². The number of carbonyl (C=O) groups excluding carboxylic acids is 4. The van der Waals surface area contributed by atoms with Crippen LogP contribution in [0.1, 0.15) is 36.8 Å². The lowest BCUT2D eigenvalue weighted by Gasteiger charge is -2.49. The Bertz CT molecular complexity index is 2140. The lowest BCUT2D eigenvalue weighted by Crippen LogP contribution is -2.48. The minimum absolute atomic E-state index is 0.0111. The van der Waals surface area contributed by atoms with Gasteiger partial charge in [-0.15, -0.1) is 0 Å². The van der Waals surface area contributed by atoms with Crippen LogP contribution in [0.3, 0.4) is 0 Å². The van der Waals surface area contributed by atoms with Crippen LogP contribution in [0.15, 0.2) is 97.1 Å². The topological polar surface area (TPSA) is 95.0 Å². The van der Waals surface area contributed by atoms with Crippen molar-refractivity contribution in [2.45, 2.75) is 25.7 Å². The zero-order valence-electron chi connectivity index (χ0n) is 25.9. The smallest absolute Gasteiger partial charge is 0.241 e. The number of imide groups is 2. The normalized spacial score (nSPS) is 28.0.